The minimum absolute atomic E-state index is 0.0781. The number of benzene rings is 3. The van der Waals surface area contributed by atoms with Gasteiger partial charge in [0.05, 0.1) is 11.1 Å². The topological polar surface area (TPSA) is 103 Å². The number of carbonyl (C=O) groups excluding carboxylic acids is 2. The van der Waals surface area contributed by atoms with Crippen LogP contribution in [0.25, 0.3) is 16.8 Å². The monoisotopic (exact) mass is 557 g/mol. The van der Waals surface area contributed by atoms with E-state index in [9.17, 15) is 9.59 Å². The average molecular weight is 558 g/mol. The molecule has 0 radical (unpaired) electrons. The predicted octanol–water partition coefficient (Wildman–Crippen LogP) is 6.48. The molecule has 0 bridgehead atoms. The fourth-order valence-corrected chi connectivity index (χ4v) is 6.42. The Morgan fingerprint density at radius 1 is 0.881 bits per heavy atom. The van der Waals surface area contributed by atoms with Gasteiger partial charge in [-0.2, -0.15) is 0 Å². The number of hydrogen-bond acceptors (Lipinski definition) is 6. The van der Waals surface area contributed by atoms with Gasteiger partial charge < -0.3 is 10.5 Å². The van der Waals surface area contributed by atoms with Crippen molar-refractivity contribution in [1.82, 2.24) is 19.3 Å². The molecule has 1 aliphatic carbocycles. The van der Waals surface area contributed by atoms with Crippen LogP contribution >= 0.6 is 0 Å². The summed E-state index contributed by atoms with van der Waals surface area (Å²) < 4.78 is 8.03. The maximum atomic E-state index is 13.8. The maximum absolute atomic E-state index is 13.8. The first-order valence-corrected chi connectivity index (χ1v) is 14.5. The molecule has 2 amide bonds. The maximum Gasteiger partial charge on any atom is 0.262 e. The summed E-state index contributed by atoms with van der Waals surface area (Å²) in [7, 11) is 0. The van der Waals surface area contributed by atoms with Gasteiger partial charge in [-0.3, -0.25) is 18.9 Å². The summed E-state index contributed by atoms with van der Waals surface area (Å²) in [5, 5.41) is 0. The summed E-state index contributed by atoms with van der Waals surface area (Å²) >= 11 is 0. The molecule has 210 valence electrons. The first kappa shape index (κ1) is 26.0. The van der Waals surface area contributed by atoms with Crippen molar-refractivity contribution in [2.24, 2.45) is 5.92 Å². The van der Waals surface area contributed by atoms with Crippen LogP contribution in [-0.2, 0) is 6.61 Å². The zero-order valence-corrected chi connectivity index (χ0v) is 23.1. The lowest BCUT2D eigenvalue weighted by Gasteiger charge is -2.34. The number of imide groups is 1. The Bertz CT molecular complexity index is 1760. The van der Waals surface area contributed by atoms with Crippen LogP contribution in [0.4, 0.5) is 5.82 Å². The second-order valence-corrected chi connectivity index (χ2v) is 11.0. The third-order valence-corrected chi connectivity index (χ3v) is 8.43. The van der Waals surface area contributed by atoms with Crippen LogP contribution in [-0.4, -0.2) is 31.1 Å². The Morgan fingerprint density at radius 3 is 2.33 bits per heavy atom. The first-order valence-electron chi connectivity index (χ1n) is 14.5. The van der Waals surface area contributed by atoms with Crippen LogP contribution in [0.5, 0.6) is 5.75 Å². The fourth-order valence-electron chi connectivity index (χ4n) is 6.42. The Hall–Kier alpha value is -4.98. The van der Waals surface area contributed by atoms with Crippen molar-refractivity contribution in [3.05, 3.63) is 114 Å². The minimum Gasteiger partial charge on any atom is -0.489 e. The molecule has 8 nitrogen and oxygen atoms in total. The smallest absolute Gasteiger partial charge is 0.262 e. The van der Waals surface area contributed by atoms with E-state index in [1.54, 1.807) is 30.5 Å². The molecule has 1 unspecified atom stereocenters. The van der Waals surface area contributed by atoms with Crippen molar-refractivity contribution in [3.63, 3.8) is 0 Å². The molecule has 1 saturated carbocycles. The van der Waals surface area contributed by atoms with Crippen molar-refractivity contribution in [3.8, 4) is 17.0 Å². The van der Waals surface area contributed by atoms with Crippen LogP contribution in [0.3, 0.4) is 0 Å². The first-order chi connectivity index (χ1) is 20.6. The number of nitrogens with zero attached hydrogens (tertiary/aromatic N) is 4. The number of nitrogen functional groups attached to an aromatic ring is 1. The number of hydrogen-bond donors (Lipinski definition) is 1. The van der Waals surface area contributed by atoms with Crippen molar-refractivity contribution >= 4 is 23.1 Å². The highest BCUT2D eigenvalue weighted by Crippen LogP contribution is 2.43. The Kier molecular flexibility index (Phi) is 6.66. The van der Waals surface area contributed by atoms with Crippen LogP contribution < -0.4 is 10.5 Å². The molecule has 1 fully saturated rings. The van der Waals surface area contributed by atoms with E-state index in [1.165, 1.54) is 4.90 Å². The molecule has 0 saturated heterocycles. The SMILES string of the molecule is Nc1nccn2c(C(C3CCCCC3)N3C(=O)c4ccccc4C3=O)nc(-c3cccc(OCc4ccccc4)c3)c12. The minimum atomic E-state index is -0.543. The molecule has 5 aromatic rings. The largest absolute Gasteiger partial charge is 0.489 e. The summed E-state index contributed by atoms with van der Waals surface area (Å²) in [6.07, 6.45) is 8.51. The van der Waals surface area contributed by atoms with E-state index in [4.69, 9.17) is 15.5 Å². The van der Waals surface area contributed by atoms with Crippen molar-refractivity contribution in [2.45, 2.75) is 44.8 Å². The van der Waals surface area contributed by atoms with Gasteiger partial charge in [0, 0.05) is 18.0 Å². The van der Waals surface area contributed by atoms with Gasteiger partial charge in [-0.05, 0) is 48.6 Å². The van der Waals surface area contributed by atoms with Crippen molar-refractivity contribution in [1.29, 1.82) is 0 Å². The van der Waals surface area contributed by atoms with Gasteiger partial charge in [-0.25, -0.2) is 9.97 Å². The second-order valence-electron chi connectivity index (χ2n) is 11.0. The van der Waals surface area contributed by atoms with Crippen LogP contribution in [0.1, 0.15) is 70.2 Å². The lowest BCUT2D eigenvalue weighted by Crippen LogP contribution is -2.39. The van der Waals surface area contributed by atoms with Crippen LogP contribution in [0.15, 0.2) is 91.3 Å². The predicted molar refractivity (Wildman–Crippen MR) is 160 cm³/mol. The molecule has 1 atom stereocenters. The van der Waals surface area contributed by atoms with Gasteiger partial charge in [0.1, 0.15) is 41.3 Å². The molecule has 8 heteroatoms. The molecule has 7 rings (SSSR count). The molecule has 1 aliphatic heterocycles. The molecule has 3 aromatic carbocycles. The molecule has 2 aromatic heterocycles. The van der Waals surface area contributed by atoms with Gasteiger partial charge in [0.15, 0.2) is 0 Å². The summed E-state index contributed by atoms with van der Waals surface area (Å²) in [5.74, 6) is 1.17. The van der Waals surface area contributed by atoms with Gasteiger partial charge in [-0.1, -0.05) is 73.9 Å². The summed E-state index contributed by atoms with van der Waals surface area (Å²) in [6.45, 7) is 0.437. The molecule has 2 N–H and O–H groups in total. The van der Waals surface area contributed by atoms with Crippen LogP contribution in [0, 0.1) is 5.92 Å². The van der Waals surface area contributed by atoms with Gasteiger partial charge >= 0.3 is 0 Å². The molecule has 0 spiro atoms. The zero-order chi connectivity index (χ0) is 28.6. The van der Waals surface area contributed by atoms with Gasteiger partial charge in [-0.15, -0.1) is 0 Å². The van der Waals surface area contributed by atoms with E-state index < -0.39 is 6.04 Å². The van der Waals surface area contributed by atoms with E-state index in [2.05, 4.69) is 4.98 Å². The lowest BCUT2D eigenvalue weighted by atomic mass is 9.82. The molecule has 2 aliphatic rings. The number of ether oxygens (including phenoxy) is 1. The fraction of sp³-hybridized carbons (Fsp3) is 0.235. The number of carbonyl (C=O) groups is 2. The van der Waals surface area contributed by atoms with E-state index in [0.29, 0.717) is 46.3 Å². The summed E-state index contributed by atoms with van der Waals surface area (Å²) in [4.78, 5) is 38.6. The number of imidazole rings is 1. The van der Waals surface area contributed by atoms with Crippen molar-refractivity contribution < 1.29 is 14.3 Å². The van der Waals surface area contributed by atoms with E-state index in [0.717, 1.165) is 43.2 Å². The zero-order valence-electron chi connectivity index (χ0n) is 23.1. The number of anilines is 1. The van der Waals surface area contributed by atoms with Gasteiger partial charge in [0.25, 0.3) is 11.8 Å². The Labute approximate surface area is 243 Å². The second kappa shape index (κ2) is 10.8. The highest BCUT2D eigenvalue weighted by molar-refractivity contribution is 6.21. The third-order valence-electron chi connectivity index (χ3n) is 8.43. The molecular weight excluding hydrogens is 526 g/mol. The number of nitrogens with two attached hydrogens (primary N) is 1. The van der Waals surface area contributed by atoms with E-state index >= 15 is 0 Å². The van der Waals surface area contributed by atoms with Crippen LogP contribution in [0.2, 0.25) is 0 Å². The number of amides is 2. The Morgan fingerprint density at radius 2 is 1.60 bits per heavy atom. The van der Waals surface area contributed by atoms with Gasteiger partial charge in [0.2, 0.25) is 0 Å². The molecular formula is C34H31N5O3. The lowest BCUT2D eigenvalue weighted by molar-refractivity contribution is 0.0481. The van der Waals surface area contributed by atoms with E-state index in [1.807, 2.05) is 65.2 Å². The normalized spacial score (nSPS) is 16.1. The third kappa shape index (κ3) is 4.49. The number of fused-ring (bicyclic) bond motifs is 2. The number of aromatic nitrogens is 3. The molecule has 3 heterocycles. The number of rotatable bonds is 7. The highest BCUT2D eigenvalue weighted by atomic mass is 16.5. The average Bonchev–Trinajstić information content (AvgIpc) is 3.54. The standard InChI is InChI=1S/C34H31N5O3/c35-31-30-28(24-14-9-15-25(20-24)42-21-22-10-3-1-4-11-22)37-32(38(30)19-18-36-31)29(23-12-5-2-6-13-23)39-33(40)26-16-7-8-17-27(26)34(39)41/h1,3-4,7-11,14-20,23,29H,2,5-6,12-13,21H2,(H2,35,36). The highest BCUT2D eigenvalue weighted by Gasteiger charge is 2.45. The quantitative estimate of drug-likeness (QED) is 0.230. The summed E-state index contributed by atoms with van der Waals surface area (Å²) in [5.41, 5.74) is 10.5. The Balaban J connectivity index is 1.34. The summed E-state index contributed by atoms with van der Waals surface area (Å²) in [6, 6.07) is 24.3. The van der Waals surface area contributed by atoms with Crippen molar-refractivity contribution in [2.75, 3.05) is 5.73 Å². The molecule has 42 heavy (non-hydrogen) atoms. The van der Waals surface area contributed by atoms with E-state index in [-0.39, 0.29) is 17.7 Å².